The topological polar surface area (TPSA) is 205 Å². The van der Waals surface area contributed by atoms with Gasteiger partial charge in [-0.1, -0.05) is 20.3 Å². The number of hydrogen-bond acceptors (Lipinski definition) is 7. The molecule has 5 unspecified atom stereocenters. The number of likely N-dealkylation sites (tertiary alicyclic amines) is 1. The number of carboxylic acids is 1. The number of nitrogens with one attached hydrogen (secondary N) is 2. The molecule has 176 valence electrons. The average molecular weight is 444 g/mol. The van der Waals surface area contributed by atoms with Crippen LogP contribution in [0.2, 0.25) is 0 Å². The summed E-state index contributed by atoms with van der Waals surface area (Å²) >= 11 is 0. The van der Waals surface area contributed by atoms with Crippen molar-refractivity contribution in [2.75, 3.05) is 13.2 Å². The minimum Gasteiger partial charge on any atom is -0.480 e. The largest absolute Gasteiger partial charge is 0.480 e. The molecule has 0 radical (unpaired) electrons. The first-order valence-corrected chi connectivity index (χ1v) is 10.3. The molecule has 0 aromatic heterocycles. The summed E-state index contributed by atoms with van der Waals surface area (Å²) in [5.41, 5.74) is 11.0. The standard InChI is InChI=1S/C19H33N5O7/c1-3-10(2)15(21)18(29)24-8-4-5-13(24)17(28)23-12(9-25)16(27)22-11(19(30)31)6-7-14(20)26/h10-13,15,25H,3-9,21H2,1-2H3,(H2,20,26)(H,22,27)(H,23,28)(H,30,31). The number of nitrogens with zero attached hydrogens (tertiary/aromatic N) is 1. The van der Waals surface area contributed by atoms with E-state index >= 15 is 0 Å². The van der Waals surface area contributed by atoms with Crippen LogP contribution in [-0.2, 0) is 24.0 Å². The van der Waals surface area contributed by atoms with E-state index in [0.717, 1.165) is 0 Å². The summed E-state index contributed by atoms with van der Waals surface area (Å²) < 4.78 is 0. The molecule has 0 aromatic rings. The molecule has 0 saturated carbocycles. The zero-order chi connectivity index (χ0) is 23.7. The molecule has 1 aliphatic heterocycles. The number of nitrogens with two attached hydrogens (primary N) is 2. The maximum atomic E-state index is 12.7. The second-order valence-corrected chi connectivity index (χ2v) is 7.75. The number of primary amides is 1. The number of carboxylic acid groups (broad SMARTS) is 1. The Kier molecular flexibility index (Phi) is 10.4. The van der Waals surface area contributed by atoms with Crippen LogP contribution in [0.4, 0.5) is 0 Å². The lowest BCUT2D eigenvalue weighted by atomic mass is 9.98. The number of carbonyl (C=O) groups excluding carboxylic acids is 4. The highest BCUT2D eigenvalue weighted by molar-refractivity contribution is 5.94. The van der Waals surface area contributed by atoms with E-state index < -0.39 is 54.5 Å². The van der Waals surface area contributed by atoms with Gasteiger partial charge in [-0.2, -0.15) is 0 Å². The number of amides is 4. The van der Waals surface area contributed by atoms with Crippen LogP contribution in [0.5, 0.6) is 0 Å². The monoisotopic (exact) mass is 443 g/mol. The lowest BCUT2D eigenvalue weighted by Crippen LogP contribution is -2.58. The van der Waals surface area contributed by atoms with E-state index in [1.165, 1.54) is 4.90 Å². The minimum atomic E-state index is -1.43. The molecule has 1 saturated heterocycles. The van der Waals surface area contributed by atoms with Gasteiger partial charge < -0.3 is 37.2 Å². The number of aliphatic carboxylic acids is 1. The zero-order valence-electron chi connectivity index (χ0n) is 17.9. The first kappa shape index (κ1) is 26.3. The number of aliphatic hydroxyl groups excluding tert-OH is 1. The van der Waals surface area contributed by atoms with Crippen LogP contribution in [0, 0.1) is 5.92 Å². The van der Waals surface area contributed by atoms with Crippen LogP contribution in [0.1, 0.15) is 46.0 Å². The zero-order valence-corrected chi connectivity index (χ0v) is 17.9. The highest BCUT2D eigenvalue weighted by atomic mass is 16.4. The Morgan fingerprint density at radius 2 is 1.81 bits per heavy atom. The second-order valence-electron chi connectivity index (χ2n) is 7.75. The summed E-state index contributed by atoms with van der Waals surface area (Å²) in [4.78, 5) is 61.3. The molecule has 1 aliphatic rings. The summed E-state index contributed by atoms with van der Waals surface area (Å²) in [6, 6.07) is -4.43. The molecule has 12 heteroatoms. The molecule has 1 fully saturated rings. The molecule has 4 amide bonds. The van der Waals surface area contributed by atoms with Gasteiger partial charge in [0.1, 0.15) is 18.1 Å². The van der Waals surface area contributed by atoms with Gasteiger partial charge in [0.25, 0.3) is 0 Å². The first-order valence-electron chi connectivity index (χ1n) is 10.3. The van der Waals surface area contributed by atoms with Crippen molar-refractivity contribution < 1.29 is 34.2 Å². The summed E-state index contributed by atoms with van der Waals surface area (Å²) in [6.07, 6.45) is 1.16. The van der Waals surface area contributed by atoms with Gasteiger partial charge in [0.05, 0.1) is 12.6 Å². The van der Waals surface area contributed by atoms with Crippen molar-refractivity contribution in [3.05, 3.63) is 0 Å². The van der Waals surface area contributed by atoms with E-state index in [4.69, 9.17) is 11.5 Å². The van der Waals surface area contributed by atoms with Crippen molar-refractivity contribution in [1.82, 2.24) is 15.5 Å². The Morgan fingerprint density at radius 1 is 1.16 bits per heavy atom. The van der Waals surface area contributed by atoms with Gasteiger partial charge in [0.15, 0.2) is 0 Å². The quantitative estimate of drug-likeness (QED) is 0.192. The molecular formula is C19H33N5O7. The van der Waals surface area contributed by atoms with Gasteiger partial charge in [0.2, 0.25) is 23.6 Å². The molecule has 12 nitrogen and oxygen atoms in total. The van der Waals surface area contributed by atoms with Gasteiger partial charge in [-0.05, 0) is 25.2 Å². The Labute approximate surface area is 180 Å². The highest BCUT2D eigenvalue weighted by Gasteiger charge is 2.38. The smallest absolute Gasteiger partial charge is 0.326 e. The molecule has 8 N–H and O–H groups in total. The SMILES string of the molecule is CCC(C)C(N)C(=O)N1CCCC1C(=O)NC(CO)C(=O)NC(CCC(N)=O)C(=O)O. The Balaban J connectivity index is 2.79. The van der Waals surface area contributed by atoms with Crippen LogP contribution < -0.4 is 22.1 Å². The van der Waals surface area contributed by atoms with Gasteiger partial charge in [-0.15, -0.1) is 0 Å². The van der Waals surface area contributed by atoms with Gasteiger partial charge in [-0.3, -0.25) is 19.2 Å². The Morgan fingerprint density at radius 3 is 2.32 bits per heavy atom. The van der Waals surface area contributed by atoms with Crippen LogP contribution in [0.25, 0.3) is 0 Å². The summed E-state index contributed by atoms with van der Waals surface area (Å²) in [5, 5.41) is 23.2. The Bertz CT molecular complexity index is 687. The van der Waals surface area contributed by atoms with Crippen LogP contribution in [0.15, 0.2) is 0 Å². The van der Waals surface area contributed by atoms with Crippen molar-refractivity contribution in [2.45, 2.75) is 70.1 Å². The van der Waals surface area contributed by atoms with Gasteiger partial charge in [-0.25, -0.2) is 4.79 Å². The molecule has 31 heavy (non-hydrogen) atoms. The Hall–Kier alpha value is -2.73. The van der Waals surface area contributed by atoms with Crippen molar-refractivity contribution >= 4 is 29.6 Å². The fourth-order valence-electron chi connectivity index (χ4n) is 3.27. The van der Waals surface area contributed by atoms with E-state index in [-0.39, 0.29) is 24.7 Å². The molecule has 0 spiro atoms. The highest BCUT2D eigenvalue weighted by Crippen LogP contribution is 2.20. The first-order chi connectivity index (χ1) is 14.5. The normalized spacial score (nSPS) is 19.7. The lowest BCUT2D eigenvalue weighted by Gasteiger charge is -2.29. The molecule has 0 aromatic carbocycles. The third kappa shape index (κ3) is 7.47. The molecule has 0 aliphatic carbocycles. The van der Waals surface area contributed by atoms with Crippen LogP contribution in [-0.4, -0.2) is 82.0 Å². The predicted molar refractivity (Wildman–Crippen MR) is 109 cm³/mol. The van der Waals surface area contributed by atoms with Crippen molar-refractivity contribution in [3.8, 4) is 0 Å². The average Bonchev–Trinajstić information content (AvgIpc) is 3.22. The van der Waals surface area contributed by atoms with Gasteiger partial charge in [0, 0.05) is 13.0 Å². The molecular weight excluding hydrogens is 410 g/mol. The number of carbonyl (C=O) groups is 5. The number of hydrogen-bond donors (Lipinski definition) is 6. The summed E-state index contributed by atoms with van der Waals surface area (Å²) in [6.45, 7) is 3.32. The number of aliphatic hydroxyl groups is 1. The van der Waals surface area contributed by atoms with Crippen LogP contribution >= 0.6 is 0 Å². The molecule has 1 rings (SSSR count). The number of rotatable bonds is 12. The molecule has 5 atom stereocenters. The molecule has 0 bridgehead atoms. The maximum absolute atomic E-state index is 12.7. The summed E-state index contributed by atoms with van der Waals surface area (Å²) in [7, 11) is 0. The fraction of sp³-hybridized carbons (Fsp3) is 0.737. The van der Waals surface area contributed by atoms with E-state index in [9.17, 15) is 34.2 Å². The third-order valence-electron chi connectivity index (χ3n) is 5.49. The van der Waals surface area contributed by atoms with Crippen LogP contribution in [0.3, 0.4) is 0 Å². The van der Waals surface area contributed by atoms with E-state index in [1.807, 2.05) is 13.8 Å². The predicted octanol–water partition coefficient (Wildman–Crippen LogP) is -2.34. The lowest BCUT2D eigenvalue weighted by molar-refractivity contribution is -0.143. The van der Waals surface area contributed by atoms with Gasteiger partial charge >= 0.3 is 5.97 Å². The maximum Gasteiger partial charge on any atom is 0.326 e. The van der Waals surface area contributed by atoms with Crippen molar-refractivity contribution in [3.63, 3.8) is 0 Å². The van der Waals surface area contributed by atoms with E-state index in [2.05, 4.69) is 10.6 Å². The van der Waals surface area contributed by atoms with Crippen molar-refractivity contribution in [1.29, 1.82) is 0 Å². The minimum absolute atomic E-state index is 0.0684. The third-order valence-corrected chi connectivity index (χ3v) is 5.49. The molecule has 1 heterocycles. The van der Waals surface area contributed by atoms with E-state index in [0.29, 0.717) is 25.8 Å². The van der Waals surface area contributed by atoms with Crippen molar-refractivity contribution in [2.24, 2.45) is 17.4 Å². The fourth-order valence-corrected chi connectivity index (χ4v) is 3.27. The summed E-state index contributed by atoms with van der Waals surface area (Å²) in [5.74, 6) is -4.10. The second kappa shape index (κ2) is 12.2. The van der Waals surface area contributed by atoms with E-state index in [1.54, 1.807) is 0 Å².